The summed E-state index contributed by atoms with van der Waals surface area (Å²) in [5, 5.41) is 10.4. The predicted molar refractivity (Wildman–Crippen MR) is 91.0 cm³/mol. The Morgan fingerprint density at radius 3 is 2.69 bits per heavy atom. The Bertz CT molecular complexity index is 912. The summed E-state index contributed by atoms with van der Waals surface area (Å²) in [6.07, 6.45) is 1.46. The summed E-state index contributed by atoms with van der Waals surface area (Å²) >= 11 is 0. The molecule has 1 atom stereocenters. The van der Waals surface area contributed by atoms with Gasteiger partial charge in [-0.2, -0.15) is 0 Å². The molecule has 1 unspecified atom stereocenters. The Labute approximate surface area is 149 Å². The molecule has 2 aliphatic heterocycles. The number of benzene rings is 1. The van der Waals surface area contributed by atoms with E-state index >= 15 is 0 Å². The Hall–Kier alpha value is -3.22. The normalized spacial score (nSPS) is 19.0. The summed E-state index contributed by atoms with van der Waals surface area (Å²) in [6, 6.07) is 7.51. The summed E-state index contributed by atoms with van der Waals surface area (Å²) in [5.74, 6) is -0.432. The van der Waals surface area contributed by atoms with Crippen LogP contribution >= 0.6 is 0 Å². The van der Waals surface area contributed by atoms with Gasteiger partial charge in [0.2, 0.25) is 6.79 Å². The fourth-order valence-electron chi connectivity index (χ4n) is 3.19. The van der Waals surface area contributed by atoms with Crippen molar-refractivity contribution >= 4 is 17.4 Å². The molecule has 1 amide bonds. The zero-order chi connectivity index (χ0) is 18.4. The molecule has 7 heteroatoms. The highest BCUT2D eigenvalue weighted by Gasteiger charge is 2.46. The van der Waals surface area contributed by atoms with E-state index in [9.17, 15) is 14.7 Å². The molecule has 0 aliphatic carbocycles. The van der Waals surface area contributed by atoms with Gasteiger partial charge in [-0.15, -0.1) is 0 Å². The number of fused-ring (bicyclic) bond motifs is 1. The molecule has 0 radical (unpaired) electrons. The van der Waals surface area contributed by atoms with Gasteiger partial charge >= 0.3 is 0 Å². The lowest BCUT2D eigenvalue weighted by Gasteiger charge is -2.25. The molecule has 26 heavy (non-hydrogen) atoms. The molecule has 1 N–H and O–H groups in total. The molecule has 0 saturated heterocycles. The summed E-state index contributed by atoms with van der Waals surface area (Å²) in [4.78, 5) is 26.8. The highest BCUT2D eigenvalue weighted by Crippen LogP contribution is 2.44. The standard InChI is InChI=1S/C19H17NO6/c1-10(2)17(21)15-16(13-4-3-7-24-13)20(19(23)18(15)22)11-5-6-12-14(8-11)26-9-25-12/h3-8,10,16,22H,9H2,1-2H3. The minimum absolute atomic E-state index is 0.0395. The highest BCUT2D eigenvalue weighted by atomic mass is 16.7. The van der Waals surface area contributed by atoms with Gasteiger partial charge in [-0.05, 0) is 24.3 Å². The third kappa shape index (κ3) is 2.35. The minimum Gasteiger partial charge on any atom is -0.503 e. The number of nitrogens with zero attached hydrogens (tertiary/aromatic N) is 1. The fourth-order valence-corrected chi connectivity index (χ4v) is 3.19. The molecule has 1 aromatic carbocycles. The van der Waals surface area contributed by atoms with Crippen LogP contribution in [0.5, 0.6) is 11.5 Å². The van der Waals surface area contributed by atoms with Gasteiger partial charge in [-0.25, -0.2) is 0 Å². The number of furan rings is 1. The van der Waals surface area contributed by atoms with Crippen molar-refractivity contribution in [1.29, 1.82) is 0 Å². The van der Waals surface area contributed by atoms with Gasteiger partial charge in [0.25, 0.3) is 5.91 Å². The van der Waals surface area contributed by atoms with Gasteiger partial charge in [0.15, 0.2) is 23.0 Å². The van der Waals surface area contributed by atoms with E-state index in [2.05, 4.69) is 0 Å². The fraction of sp³-hybridized carbons (Fsp3) is 0.263. The first-order valence-electron chi connectivity index (χ1n) is 8.23. The van der Waals surface area contributed by atoms with E-state index in [-0.39, 0.29) is 24.1 Å². The van der Waals surface area contributed by atoms with Crippen LogP contribution in [0.1, 0.15) is 25.6 Å². The first kappa shape index (κ1) is 16.3. The van der Waals surface area contributed by atoms with Crippen molar-refractivity contribution in [3.63, 3.8) is 0 Å². The number of ether oxygens (including phenoxy) is 2. The van der Waals surface area contributed by atoms with E-state index in [4.69, 9.17) is 13.9 Å². The summed E-state index contributed by atoms with van der Waals surface area (Å²) in [7, 11) is 0. The lowest BCUT2D eigenvalue weighted by molar-refractivity contribution is -0.119. The van der Waals surface area contributed by atoms with E-state index < -0.39 is 17.7 Å². The lowest BCUT2D eigenvalue weighted by atomic mass is 9.94. The SMILES string of the molecule is CC(C)C(=O)C1=C(O)C(=O)N(c2ccc3c(c2)OCO3)C1c1ccco1. The van der Waals surface area contributed by atoms with Gasteiger partial charge in [0.1, 0.15) is 11.8 Å². The van der Waals surface area contributed by atoms with Crippen LogP contribution in [0.4, 0.5) is 5.69 Å². The summed E-state index contributed by atoms with van der Waals surface area (Å²) in [6.45, 7) is 3.54. The molecule has 0 fully saturated rings. The maximum absolute atomic E-state index is 12.8. The topological polar surface area (TPSA) is 89.2 Å². The van der Waals surface area contributed by atoms with Crippen LogP contribution in [-0.4, -0.2) is 23.6 Å². The largest absolute Gasteiger partial charge is 0.503 e. The number of carbonyl (C=O) groups excluding carboxylic acids is 2. The first-order valence-corrected chi connectivity index (χ1v) is 8.23. The number of anilines is 1. The molecule has 134 valence electrons. The maximum Gasteiger partial charge on any atom is 0.294 e. The highest BCUT2D eigenvalue weighted by molar-refractivity contribution is 6.16. The third-order valence-electron chi connectivity index (χ3n) is 4.44. The average molecular weight is 355 g/mol. The van der Waals surface area contributed by atoms with E-state index in [1.165, 1.54) is 11.2 Å². The van der Waals surface area contributed by atoms with Gasteiger partial charge in [-0.3, -0.25) is 14.5 Å². The number of aliphatic hydroxyl groups is 1. The number of carbonyl (C=O) groups is 2. The summed E-state index contributed by atoms with van der Waals surface area (Å²) < 4.78 is 16.1. The Morgan fingerprint density at radius 1 is 1.23 bits per heavy atom. The quantitative estimate of drug-likeness (QED) is 0.906. The van der Waals surface area contributed by atoms with Gasteiger partial charge < -0.3 is 19.0 Å². The zero-order valence-corrected chi connectivity index (χ0v) is 14.3. The van der Waals surface area contributed by atoms with Crippen LogP contribution < -0.4 is 14.4 Å². The minimum atomic E-state index is -0.840. The van der Waals surface area contributed by atoms with Gasteiger partial charge in [0.05, 0.1) is 11.8 Å². The lowest BCUT2D eigenvalue weighted by Crippen LogP contribution is -2.31. The van der Waals surface area contributed by atoms with Crippen molar-refractivity contribution in [3.8, 4) is 11.5 Å². The van der Waals surface area contributed by atoms with Crippen LogP contribution in [0.2, 0.25) is 0 Å². The Kier molecular flexibility index (Phi) is 3.72. The Morgan fingerprint density at radius 2 is 2.00 bits per heavy atom. The van der Waals surface area contributed by atoms with Crippen molar-refractivity contribution in [2.45, 2.75) is 19.9 Å². The molecule has 3 heterocycles. The van der Waals surface area contributed by atoms with Crippen molar-refractivity contribution in [3.05, 3.63) is 53.7 Å². The van der Waals surface area contributed by atoms with Crippen molar-refractivity contribution in [2.24, 2.45) is 5.92 Å². The second-order valence-corrected chi connectivity index (χ2v) is 6.41. The number of aliphatic hydroxyl groups excluding tert-OH is 1. The molecule has 1 aromatic heterocycles. The van der Waals surface area contributed by atoms with E-state index in [0.717, 1.165) is 0 Å². The van der Waals surface area contributed by atoms with Crippen molar-refractivity contribution in [2.75, 3.05) is 11.7 Å². The zero-order valence-electron chi connectivity index (χ0n) is 14.3. The van der Waals surface area contributed by atoms with Crippen molar-refractivity contribution < 1.29 is 28.6 Å². The van der Waals surface area contributed by atoms with E-state index in [1.54, 1.807) is 44.2 Å². The summed E-state index contributed by atoms with van der Waals surface area (Å²) in [5.41, 5.74) is 0.511. The van der Waals surface area contributed by atoms with Crippen molar-refractivity contribution in [1.82, 2.24) is 0 Å². The number of hydrogen-bond donors (Lipinski definition) is 1. The van der Waals surface area contributed by atoms with Crippen LogP contribution in [-0.2, 0) is 9.59 Å². The monoisotopic (exact) mass is 355 g/mol. The Balaban J connectivity index is 1.84. The van der Waals surface area contributed by atoms with Gasteiger partial charge in [-0.1, -0.05) is 13.8 Å². The average Bonchev–Trinajstić information content (AvgIpc) is 3.34. The predicted octanol–water partition coefficient (Wildman–Crippen LogP) is 3.13. The van der Waals surface area contributed by atoms with E-state index in [1.807, 2.05) is 0 Å². The molecular formula is C19H17NO6. The molecule has 2 aliphatic rings. The van der Waals surface area contributed by atoms with Crippen LogP contribution in [0, 0.1) is 5.92 Å². The van der Waals surface area contributed by atoms with E-state index in [0.29, 0.717) is 22.9 Å². The number of Topliss-reactive ketones (excluding diaryl/α,β-unsaturated/α-hetero) is 1. The third-order valence-corrected chi connectivity index (χ3v) is 4.44. The second-order valence-electron chi connectivity index (χ2n) is 6.41. The molecule has 0 spiro atoms. The molecule has 4 rings (SSSR count). The second kappa shape index (κ2) is 5.94. The smallest absolute Gasteiger partial charge is 0.294 e. The number of rotatable bonds is 4. The number of amides is 1. The number of ketones is 1. The molecule has 0 bridgehead atoms. The van der Waals surface area contributed by atoms with Crippen LogP contribution in [0.25, 0.3) is 0 Å². The van der Waals surface area contributed by atoms with Crippen LogP contribution in [0.15, 0.2) is 52.3 Å². The first-order chi connectivity index (χ1) is 12.5. The molecular weight excluding hydrogens is 338 g/mol. The maximum atomic E-state index is 12.8. The molecule has 7 nitrogen and oxygen atoms in total. The number of hydrogen-bond acceptors (Lipinski definition) is 6. The molecule has 2 aromatic rings. The van der Waals surface area contributed by atoms with Gasteiger partial charge in [0, 0.05) is 17.7 Å². The van der Waals surface area contributed by atoms with Crippen LogP contribution in [0.3, 0.4) is 0 Å². The molecule has 0 saturated carbocycles.